The predicted molar refractivity (Wildman–Crippen MR) is 152 cm³/mol. The fourth-order valence-electron chi connectivity index (χ4n) is 3.78. The number of halogens is 2. The number of benzene rings is 2. The summed E-state index contributed by atoms with van der Waals surface area (Å²) in [6.45, 7) is 7.84. The SMILES string of the molecule is CCc1ccc(N(CCCC(=O)N(Cc2ccc(Cl)cc2Cl)[C@H](C)C(=O)N[C@H](C)CC)S(C)(=O)=O)cc1. The van der Waals surface area contributed by atoms with E-state index < -0.39 is 16.1 Å². The van der Waals surface area contributed by atoms with Crippen LogP contribution in [0.1, 0.15) is 58.1 Å². The first kappa shape index (κ1) is 30.9. The molecule has 0 bridgehead atoms. The molecule has 0 spiro atoms. The van der Waals surface area contributed by atoms with Crippen LogP contribution in [0.4, 0.5) is 5.69 Å². The summed E-state index contributed by atoms with van der Waals surface area (Å²) in [4.78, 5) is 27.8. The molecule has 0 saturated heterocycles. The van der Waals surface area contributed by atoms with Gasteiger partial charge in [-0.2, -0.15) is 0 Å². The van der Waals surface area contributed by atoms with Crippen molar-refractivity contribution in [2.75, 3.05) is 17.1 Å². The molecule has 0 aliphatic heterocycles. The summed E-state index contributed by atoms with van der Waals surface area (Å²) >= 11 is 12.4. The van der Waals surface area contributed by atoms with Gasteiger partial charge in [-0.3, -0.25) is 13.9 Å². The number of nitrogens with zero attached hydrogens (tertiary/aromatic N) is 2. The molecule has 37 heavy (non-hydrogen) atoms. The first-order valence-corrected chi connectivity index (χ1v) is 15.1. The van der Waals surface area contributed by atoms with Gasteiger partial charge in [-0.05, 0) is 68.5 Å². The van der Waals surface area contributed by atoms with Crippen LogP contribution in [0, 0.1) is 0 Å². The van der Waals surface area contributed by atoms with Gasteiger partial charge in [0.15, 0.2) is 0 Å². The fraction of sp³-hybridized carbons (Fsp3) is 0.481. The Morgan fingerprint density at radius 2 is 1.68 bits per heavy atom. The van der Waals surface area contributed by atoms with E-state index in [-0.39, 0.29) is 43.8 Å². The summed E-state index contributed by atoms with van der Waals surface area (Å²) in [5.41, 5.74) is 2.32. The maximum absolute atomic E-state index is 13.4. The van der Waals surface area contributed by atoms with E-state index in [1.54, 1.807) is 37.3 Å². The molecule has 0 aliphatic carbocycles. The average Bonchev–Trinajstić information content (AvgIpc) is 2.84. The zero-order valence-electron chi connectivity index (χ0n) is 22.1. The third-order valence-electron chi connectivity index (χ3n) is 6.31. The standard InChI is InChI=1S/C27H37Cl2N3O4S/c1-6-19(3)30-27(34)20(4)31(18-22-12-13-23(28)17-25(22)29)26(33)9-8-16-32(37(5,35)36)24-14-10-21(7-2)11-15-24/h10-15,17,19-20H,6-9,16,18H2,1-5H3,(H,30,34)/t19-,20-/m1/s1. The number of sulfonamides is 1. The quantitative estimate of drug-likeness (QED) is 0.348. The highest BCUT2D eigenvalue weighted by Gasteiger charge is 2.27. The van der Waals surface area contributed by atoms with Crippen molar-refractivity contribution < 1.29 is 18.0 Å². The number of rotatable bonds is 13. The molecule has 7 nitrogen and oxygen atoms in total. The summed E-state index contributed by atoms with van der Waals surface area (Å²) < 4.78 is 26.3. The van der Waals surface area contributed by atoms with Crippen LogP contribution in [0.3, 0.4) is 0 Å². The van der Waals surface area contributed by atoms with Gasteiger partial charge in [-0.1, -0.05) is 55.2 Å². The third-order valence-corrected chi connectivity index (χ3v) is 8.09. The summed E-state index contributed by atoms with van der Waals surface area (Å²) in [6, 6.07) is 11.6. The van der Waals surface area contributed by atoms with Crippen LogP contribution in [-0.2, 0) is 32.6 Å². The summed E-state index contributed by atoms with van der Waals surface area (Å²) in [5.74, 6) is -0.533. The van der Waals surface area contributed by atoms with Crippen molar-refractivity contribution in [2.24, 2.45) is 0 Å². The highest BCUT2D eigenvalue weighted by molar-refractivity contribution is 7.92. The predicted octanol–water partition coefficient (Wildman–Crippen LogP) is 5.43. The van der Waals surface area contributed by atoms with Crippen LogP contribution in [0.15, 0.2) is 42.5 Å². The normalized spacial score (nSPS) is 13.1. The second-order valence-electron chi connectivity index (χ2n) is 9.21. The van der Waals surface area contributed by atoms with Crippen LogP contribution in [-0.4, -0.2) is 50.0 Å². The minimum absolute atomic E-state index is 0.0339. The van der Waals surface area contributed by atoms with Crippen molar-refractivity contribution >= 4 is 50.7 Å². The van der Waals surface area contributed by atoms with Gasteiger partial charge in [0.2, 0.25) is 21.8 Å². The molecule has 0 fully saturated rings. The Kier molecular flexibility index (Phi) is 11.7. The van der Waals surface area contributed by atoms with Crippen LogP contribution in [0.2, 0.25) is 10.0 Å². The molecule has 0 heterocycles. The lowest BCUT2D eigenvalue weighted by Gasteiger charge is -2.30. The number of carbonyl (C=O) groups excluding carboxylic acids is 2. The van der Waals surface area contributed by atoms with Crippen molar-refractivity contribution in [3.8, 4) is 0 Å². The van der Waals surface area contributed by atoms with Crippen LogP contribution in [0.5, 0.6) is 0 Å². The highest BCUT2D eigenvalue weighted by atomic mass is 35.5. The number of hydrogen-bond acceptors (Lipinski definition) is 4. The summed E-state index contributed by atoms with van der Waals surface area (Å²) in [5, 5.41) is 3.80. The molecule has 2 amide bonds. The molecule has 2 aromatic rings. The van der Waals surface area contributed by atoms with Gasteiger partial charge in [0.25, 0.3) is 0 Å². The zero-order valence-corrected chi connectivity index (χ0v) is 24.5. The molecule has 2 rings (SSSR count). The monoisotopic (exact) mass is 569 g/mol. The van der Waals surface area contributed by atoms with Crippen molar-refractivity contribution in [2.45, 2.75) is 72.0 Å². The molecule has 0 aromatic heterocycles. The van der Waals surface area contributed by atoms with Gasteiger partial charge in [0.1, 0.15) is 6.04 Å². The lowest BCUT2D eigenvalue weighted by molar-refractivity contribution is -0.140. The van der Waals surface area contributed by atoms with E-state index in [0.717, 1.165) is 24.7 Å². The largest absolute Gasteiger partial charge is 0.352 e. The lowest BCUT2D eigenvalue weighted by Crippen LogP contribution is -2.49. The van der Waals surface area contributed by atoms with Gasteiger partial charge in [-0.15, -0.1) is 0 Å². The first-order valence-electron chi connectivity index (χ1n) is 12.5. The van der Waals surface area contributed by atoms with Crippen LogP contribution >= 0.6 is 23.2 Å². The van der Waals surface area contributed by atoms with E-state index in [2.05, 4.69) is 5.32 Å². The minimum atomic E-state index is -3.55. The molecule has 0 saturated carbocycles. The number of aryl methyl sites for hydroxylation is 1. The number of carbonyl (C=O) groups is 2. The number of anilines is 1. The van der Waals surface area contributed by atoms with Gasteiger partial charge < -0.3 is 10.2 Å². The molecular weight excluding hydrogens is 533 g/mol. The second kappa shape index (κ2) is 14.0. The van der Waals surface area contributed by atoms with E-state index >= 15 is 0 Å². The number of nitrogens with one attached hydrogen (secondary N) is 1. The number of hydrogen-bond donors (Lipinski definition) is 1. The molecule has 0 aliphatic rings. The van der Waals surface area contributed by atoms with Crippen molar-refractivity contribution in [3.05, 3.63) is 63.6 Å². The topological polar surface area (TPSA) is 86.8 Å². The number of amides is 2. The van der Waals surface area contributed by atoms with Gasteiger partial charge in [0.05, 0.1) is 11.9 Å². The van der Waals surface area contributed by atoms with E-state index in [4.69, 9.17) is 23.2 Å². The van der Waals surface area contributed by atoms with Gasteiger partial charge in [0, 0.05) is 35.6 Å². The van der Waals surface area contributed by atoms with E-state index in [9.17, 15) is 18.0 Å². The Morgan fingerprint density at radius 3 is 2.22 bits per heavy atom. The van der Waals surface area contributed by atoms with Crippen molar-refractivity contribution in [1.29, 1.82) is 0 Å². The Balaban J connectivity index is 2.20. The second-order valence-corrected chi connectivity index (χ2v) is 12.0. The summed E-state index contributed by atoms with van der Waals surface area (Å²) in [6.07, 6.45) is 3.11. The maximum Gasteiger partial charge on any atom is 0.242 e. The molecule has 204 valence electrons. The zero-order chi connectivity index (χ0) is 27.8. The van der Waals surface area contributed by atoms with E-state index in [1.165, 1.54) is 9.21 Å². The average molecular weight is 571 g/mol. The molecule has 0 radical (unpaired) electrons. The molecule has 2 aromatic carbocycles. The van der Waals surface area contributed by atoms with Crippen molar-refractivity contribution in [1.82, 2.24) is 10.2 Å². The lowest BCUT2D eigenvalue weighted by atomic mass is 10.1. The smallest absolute Gasteiger partial charge is 0.242 e. The van der Waals surface area contributed by atoms with Crippen LogP contribution < -0.4 is 9.62 Å². The highest BCUT2D eigenvalue weighted by Crippen LogP contribution is 2.24. The van der Waals surface area contributed by atoms with Gasteiger partial charge in [-0.25, -0.2) is 8.42 Å². The van der Waals surface area contributed by atoms with Gasteiger partial charge >= 0.3 is 0 Å². The maximum atomic E-state index is 13.4. The van der Waals surface area contributed by atoms with Crippen molar-refractivity contribution in [3.63, 3.8) is 0 Å². The Labute approximate surface area is 231 Å². The van der Waals surface area contributed by atoms with E-state index in [0.29, 0.717) is 21.3 Å². The minimum Gasteiger partial charge on any atom is -0.352 e. The first-order chi connectivity index (χ1) is 17.4. The molecule has 10 heteroatoms. The molecular formula is C27H37Cl2N3O4S. The summed E-state index contributed by atoms with van der Waals surface area (Å²) in [7, 11) is -3.55. The Morgan fingerprint density at radius 1 is 1.03 bits per heavy atom. The molecule has 0 unspecified atom stereocenters. The fourth-order valence-corrected chi connectivity index (χ4v) is 5.22. The molecule has 1 N–H and O–H groups in total. The van der Waals surface area contributed by atoms with E-state index in [1.807, 2.05) is 32.9 Å². The van der Waals surface area contributed by atoms with Crippen LogP contribution in [0.25, 0.3) is 0 Å². The third kappa shape index (κ3) is 9.20. The Hall–Kier alpha value is -2.29. The molecule has 2 atom stereocenters. The Bertz CT molecular complexity index is 1170.